The van der Waals surface area contributed by atoms with E-state index in [2.05, 4.69) is 4.74 Å². The van der Waals surface area contributed by atoms with Crippen LogP contribution in [0.3, 0.4) is 0 Å². The van der Waals surface area contributed by atoms with Crippen molar-refractivity contribution >= 4 is 6.29 Å². The molecule has 0 aromatic rings. The van der Waals surface area contributed by atoms with Crippen LogP contribution in [0.4, 0.5) is 0 Å². The van der Waals surface area contributed by atoms with Gasteiger partial charge in [0.05, 0.1) is 0 Å². The molecule has 0 amide bonds. The van der Waals surface area contributed by atoms with Gasteiger partial charge in [-0.15, -0.1) is 0 Å². The zero-order chi connectivity index (χ0) is 4.83. The molecule has 0 radical (unpaired) electrons. The molecule has 0 heterocycles. The number of carbonyl (C=O) groups is 1. The number of ether oxygens (including phenoxy) is 1. The second-order valence-electron chi connectivity index (χ2n) is 0.826. The maximum atomic E-state index is 9.44. The minimum atomic E-state index is 0. The Kier molecular flexibility index (Phi) is 14.0. The van der Waals surface area contributed by atoms with Crippen LogP contribution in [0.2, 0.25) is 0 Å². The van der Waals surface area contributed by atoms with Crippen molar-refractivity contribution in [3.63, 3.8) is 0 Å². The van der Waals surface area contributed by atoms with E-state index in [0.717, 1.165) is 6.29 Å². The predicted molar refractivity (Wildman–Crippen MR) is 23.7 cm³/mol. The quantitative estimate of drug-likeness (QED) is 0.218. The van der Waals surface area contributed by atoms with Gasteiger partial charge in [-0.3, -0.25) is 0 Å². The van der Waals surface area contributed by atoms with Crippen LogP contribution in [0.5, 0.6) is 0 Å². The van der Waals surface area contributed by atoms with E-state index in [1.54, 1.807) is 0 Å². The maximum Gasteiger partial charge on any atom is 1.00 e. The van der Waals surface area contributed by atoms with Gasteiger partial charge in [-0.1, -0.05) is 0 Å². The van der Waals surface area contributed by atoms with Crippen molar-refractivity contribution in [1.82, 2.24) is 0 Å². The van der Waals surface area contributed by atoms with Gasteiger partial charge in [-0.05, 0) is 6.92 Å². The first kappa shape index (κ1) is 10.3. The molecule has 0 atom stereocenters. The third kappa shape index (κ3) is 10.7. The SMILES string of the molecule is CCOCC=O.[H-].[Li+]. The summed E-state index contributed by atoms with van der Waals surface area (Å²) in [6, 6.07) is 0. The number of hydrogen-bond acceptors (Lipinski definition) is 2. The first-order valence-electron chi connectivity index (χ1n) is 1.93. The molecular formula is C4H9LiO2. The molecular weight excluding hydrogens is 87.0 g/mol. The van der Waals surface area contributed by atoms with Crippen molar-refractivity contribution in [2.24, 2.45) is 0 Å². The van der Waals surface area contributed by atoms with Crippen LogP contribution in [0.15, 0.2) is 0 Å². The Bertz CT molecular complexity index is 43.0. The number of hydrogen-bond donors (Lipinski definition) is 0. The smallest absolute Gasteiger partial charge is 1.00 e. The Morgan fingerprint density at radius 3 is 2.57 bits per heavy atom. The maximum absolute atomic E-state index is 9.44. The molecule has 0 N–H and O–H groups in total. The van der Waals surface area contributed by atoms with Crippen LogP contribution in [0.1, 0.15) is 8.35 Å². The van der Waals surface area contributed by atoms with Gasteiger partial charge >= 0.3 is 18.9 Å². The summed E-state index contributed by atoms with van der Waals surface area (Å²) in [7, 11) is 0. The third-order valence-electron chi connectivity index (χ3n) is 0.390. The van der Waals surface area contributed by atoms with Crippen LogP contribution in [-0.2, 0) is 9.53 Å². The fourth-order valence-corrected chi connectivity index (χ4v) is 0.166. The van der Waals surface area contributed by atoms with E-state index in [-0.39, 0.29) is 26.9 Å². The Morgan fingerprint density at radius 1 is 1.86 bits per heavy atom. The minimum Gasteiger partial charge on any atom is -1.00 e. The zero-order valence-electron chi connectivity index (χ0n) is 5.81. The van der Waals surface area contributed by atoms with E-state index in [1.807, 2.05) is 6.92 Å². The van der Waals surface area contributed by atoms with Crippen LogP contribution in [-0.4, -0.2) is 19.5 Å². The Labute approximate surface area is 56.9 Å². The molecule has 0 aliphatic heterocycles. The van der Waals surface area contributed by atoms with Crippen LogP contribution >= 0.6 is 0 Å². The topological polar surface area (TPSA) is 26.3 Å². The summed E-state index contributed by atoms with van der Waals surface area (Å²) in [5.74, 6) is 0. The van der Waals surface area contributed by atoms with Crippen molar-refractivity contribution in [3.8, 4) is 0 Å². The third-order valence-corrected chi connectivity index (χ3v) is 0.390. The van der Waals surface area contributed by atoms with Gasteiger partial charge in [0, 0.05) is 6.61 Å². The molecule has 0 aromatic heterocycles. The van der Waals surface area contributed by atoms with Gasteiger partial charge in [-0.2, -0.15) is 0 Å². The summed E-state index contributed by atoms with van der Waals surface area (Å²) in [5, 5.41) is 0. The normalized spacial score (nSPS) is 7.00. The van der Waals surface area contributed by atoms with Gasteiger partial charge in [-0.25, -0.2) is 0 Å². The van der Waals surface area contributed by atoms with Crippen molar-refractivity contribution in [2.75, 3.05) is 13.2 Å². The summed E-state index contributed by atoms with van der Waals surface area (Å²) in [4.78, 5) is 9.44. The Balaban J connectivity index is -0.000000125. The second kappa shape index (κ2) is 9.52. The molecule has 3 heteroatoms. The molecule has 38 valence electrons. The molecule has 0 fully saturated rings. The van der Waals surface area contributed by atoms with Crippen LogP contribution in [0.25, 0.3) is 0 Å². The van der Waals surface area contributed by atoms with E-state index >= 15 is 0 Å². The fraction of sp³-hybridized carbons (Fsp3) is 0.750. The van der Waals surface area contributed by atoms with Crippen molar-refractivity contribution in [2.45, 2.75) is 6.92 Å². The molecule has 0 saturated heterocycles. The average molecular weight is 96.1 g/mol. The first-order chi connectivity index (χ1) is 2.91. The minimum absolute atomic E-state index is 0. The predicted octanol–water partition coefficient (Wildman–Crippen LogP) is -2.66. The standard InChI is InChI=1S/C4H8O2.Li.H/c1-2-6-4-3-5;;/h3H,2,4H2,1H3;;/q;+1;-1. The summed E-state index contributed by atoms with van der Waals surface area (Å²) in [6.45, 7) is 2.71. The number of aldehydes is 1. The van der Waals surface area contributed by atoms with Crippen LogP contribution < -0.4 is 18.9 Å². The van der Waals surface area contributed by atoms with Crippen molar-refractivity contribution in [3.05, 3.63) is 0 Å². The summed E-state index contributed by atoms with van der Waals surface area (Å²) in [5.41, 5.74) is 0. The van der Waals surface area contributed by atoms with Crippen LogP contribution in [0, 0.1) is 0 Å². The van der Waals surface area contributed by atoms with E-state index < -0.39 is 0 Å². The number of carbonyl (C=O) groups excluding carboxylic acids is 1. The summed E-state index contributed by atoms with van der Waals surface area (Å²) < 4.78 is 4.61. The molecule has 2 nitrogen and oxygen atoms in total. The van der Waals surface area contributed by atoms with Crippen molar-refractivity contribution < 1.29 is 29.8 Å². The molecule has 0 saturated carbocycles. The average Bonchev–Trinajstić information content (AvgIpc) is 1.61. The Morgan fingerprint density at radius 2 is 2.43 bits per heavy atom. The summed E-state index contributed by atoms with van der Waals surface area (Å²) in [6.07, 6.45) is 0.740. The largest absolute Gasteiger partial charge is 1.00 e. The van der Waals surface area contributed by atoms with Gasteiger partial charge in [0.1, 0.15) is 12.9 Å². The van der Waals surface area contributed by atoms with Crippen molar-refractivity contribution in [1.29, 1.82) is 0 Å². The van der Waals surface area contributed by atoms with Gasteiger partial charge in [0.25, 0.3) is 0 Å². The van der Waals surface area contributed by atoms with E-state index in [1.165, 1.54) is 0 Å². The molecule has 0 rings (SSSR count). The van der Waals surface area contributed by atoms with Gasteiger partial charge < -0.3 is 11.0 Å². The molecule has 0 spiro atoms. The van der Waals surface area contributed by atoms with Gasteiger partial charge in [0.15, 0.2) is 0 Å². The zero-order valence-corrected chi connectivity index (χ0v) is 4.81. The van der Waals surface area contributed by atoms with Gasteiger partial charge in [0.2, 0.25) is 0 Å². The van der Waals surface area contributed by atoms with E-state index in [9.17, 15) is 4.79 Å². The monoisotopic (exact) mass is 96.1 g/mol. The molecule has 7 heavy (non-hydrogen) atoms. The Hall–Kier alpha value is 0.227. The second-order valence-corrected chi connectivity index (χ2v) is 0.826. The number of rotatable bonds is 3. The molecule has 0 unspecified atom stereocenters. The van der Waals surface area contributed by atoms with E-state index in [4.69, 9.17) is 0 Å². The fourth-order valence-electron chi connectivity index (χ4n) is 0.166. The first-order valence-corrected chi connectivity index (χ1v) is 1.93. The molecule has 0 bridgehead atoms. The molecule has 0 aliphatic rings. The summed E-state index contributed by atoms with van der Waals surface area (Å²) >= 11 is 0. The molecule has 0 aromatic carbocycles. The molecule has 0 aliphatic carbocycles. The van der Waals surface area contributed by atoms with E-state index in [0.29, 0.717) is 6.61 Å².